The Balaban J connectivity index is 1.48. The maximum Gasteiger partial charge on any atom is 0.269 e. The van der Waals surface area contributed by atoms with Crippen LogP contribution in [0.15, 0.2) is 68.7 Å². The van der Waals surface area contributed by atoms with Crippen molar-refractivity contribution in [3.8, 4) is 0 Å². The lowest BCUT2D eigenvalue weighted by atomic mass is 10.1. The normalized spacial score (nSPS) is 15.7. The van der Waals surface area contributed by atoms with Gasteiger partial charge in [0.2, 0.25) is 15.7 Å². The van der Waals surface area contributed by atoms with E-state index < -0.39 is 14.8 Å². The quantitative estimate of drug-likeness (QED) is 0.469. The number of carbonyl (C=O) groups is 1. The summed E-state index contributed by atoms with van der Waals surface area (Å²) in [6.07, 6.45) is 1.78. The molecule has 1 aliphatic heterocycles. The van der Waals surface area contributed by atoms with Gasteiger partial charge in [0, 0.05) is 17.0 Å². The van der Waals surface area contributed by atoms with Crippen molar-refractivity contribution in [1.82, 2.24) is 4.98 Å². The molecule has 0 saturated carbocycles. The molecule has 0 fully saturated rings. The van der Waals surface area contributed by atoms with Crippen molar-refractivity contribution < 1.29 is 18.1 Å². The van der Waals surface area contributed by atoms with Gasteiger partial charge in [-0.3, -0.25) is 14.9 Å². The molecule has 2 aromatic carbocycles. The SMILES string of the molecule is O=C(Nc1ncc(S(=O)(=O)c2ccc([N+](=O)[O-])cc2)s1)C1Cc2ccccc2S1. The standard InChI is InChI=1S/C18H13N3O5S3/c22-17(15-9-11-3-1-2-4-14(11)27-15)20-18-19-10-16(28-18)29(25,26)13-7-5-12(6-8-13)21(23)24/h1-8,10,15H,9H2,(H,19,20,22). The van der Waals surface area contributed by atoms with Crippen molar-refractivity contribution in [2.24, 2.45) is 0 Å². The molecule has 0 bridgehead atoms. The molecule has 148 valence electrons. The second kappa shape index (κ2) is 7.58. The number of rotatable bonds is 5. The fraction of sp³-hybridized carbons (Fsp3) is 0.111. The van der Waals surface area contributed by atoms with Gasteiger partial charge in [0.15, 0.2) is 5.13 Å². The van der Waals surface area contributed by atoms with Crippen LogP contribution in [0.2, 0.25) is 0 Å². The van der Waals surface area contributed by atoms with Gasteiger partial charge in [-0.25, -0.2) is 13.4 Å². The largest absolute Gasteiger partial charge is 0.301 e. The Hall–Kier alpha value is -2.76. The third kappa shape index (κ3) is 3.88. The van der Waals surface area contributed by atoms with Crippen molar-refractivity contribution >= 4 is 49.7 Å². The first-order valence-corrected chi connectivity index (χ1v) is 11.5. The maximum atomic E-state index is 12.7. The first-order chi connectivity index (χ1) is 13.8. The fourth-order valence-electron chi connectivity index (χ4n) is 2.82. The van der Waals surface area contributed by atoms with E-state index in [4.69, 9.17) is 0 Å². The lowest BCUT2D eigenvalue weighted by Gasteiger charge is -2.07. The van der Waals surface area contributed by atoms with Gasteiger partial charge in [-0.2, -0.15) is 0 Å². The molecule has 1 N–H and O–H groups in total. The number of thiazole rings is 1. The molecular formula is C18H13N3O5S3. The van der Waals surface area contributed by atoms with E-state index in [9.17, 15) is 23.3 Å². The summed E-state index contributed by atoms with van der Waals surface area (Å²) in [5, 5.41) is 13.3. The monoisotopic (exact) mass is 447 g/mol. The fourth-order valence-corrected chi connectivity index (χ4v) is 6.45. The Morgan fingerprint density at radius 1 is 1.17 bits per heavy atom. The predicted molar refractivity (Wildman–Crippen MR) is 109 cm³/mol. The van der Waals surface area contributed by atoms with Crippen LogP contribution in [0.1, 0.15) is 5.56 Å². The zero-order chi connectivity index (χ0) is 20.6. The number of nitro groups is 1. The van der Waals surface area contributed by atoms with E-state index in [0.29, 0.717) is 6.42 Å². The molecule has 1 unspecified atom stereocenters. The molecule has 8 nitrogen and oxygen atoms in total. The van der Waals surface area contributed by atoms with E-state index in [1.807, 2.05) is 24.3 Å². The number of sulfone groups is 1. The molecule has 4 rings (SSSR count). The molecule has 1 atom stereocenters. The Morgan fingerprint density at radius 2 is 1.90 bits per heavy atom. The van der Waals surface area contributed by atoms with Gasteiger partial charge in [0.05, 0.1) is 21.3 Å². The number of nitrogens with one attached hydrogen (secondary N) is 1. The number of thioether (sulfide) groups is 1. The highest BCUT2D eigenvalue weighted by atomic mass is 32.2. The van der Waals surface area contributed by atoms with Crippen LogP contribution in [-0.2, 0) is 21.1 Å². The second-order valence-electron chi connectivity index (χ2n) is 6.15. The van der Waals surface area contributed by atoms with Gasteiger partial charge in [0.1, 0.15) is 4.21 Å². The third-order valence-electron chi connectivity index (χ3n) is 4.28. The van der Waals surface area contributed by atoms with Gasteiger partial charge in [-0.1, -0.05) is 29.5 Å². The van der Waals surface area contributed by atoms with Crippen LogP contribution in [0.4, 0.5) is 10.8 Å². The van der Waals surface area contributed by atoms with Crippen LogP contribution in [0.25, 0.3) is 0 Å². The molecule has 29 heavy (non-hydrogen) atoms. The number of non-ortho nitro benzene ring substituents is 1. The second-order valence-corrected chi connectivity index (χ2v) is 10.6. The molecular weight excluding hydrogens is 434 g/mol. The van der Waals surface area contributed by atoms with Crippen molar-refractivity contribution in [3.63, 3.8) is 0 Å². The zero-order valence-electron chi connectivity index (χ0n) is 14.6. The van der Waals surface area contributed by atoms with Gasteiger partial charge < -0.3 is 5.32 Å². The van der Waals surface area contributed by atoms with Crippen LogP contribution in [-0.4, -0.2) is 29.5 Å². The number of anilines is 1. The minimum absolute atomic E-state index is 0.0518. The van der Waals surface area contributed by atoms with E-state index in [1.54, 1.807) is 0 Å². The number of aromatic nitrogens is 1. The Kier molecular flexibility index (Phi) is 5.11. The zero-order valence-corrected chi connectivity index (χ0v) is 17.1. The lowest BCUT2D eigenvalue weighted by molar-refractivity contribution is -0.384. The van der Waals surface area contributed by atoms with Gasteiger partial charge in [0.25, 0.3) is 5.69 Å². The molecule has 1 amide bonds. The molecule has 1 aromatic heterocycles. The highest BCUT2D eigenvalue weighted by Crippen LogP contribution is 2.37. The average Bonchev–Trinajstić information content (AvgIpc) is 3.35. The van der Waals surface area contributed by atoms with Crippen molar-refractivity contribution in [1.29, 1.82) is 0 Å². The molecule has 0 saturated heterocycles. The highest BCUT2D eigenvalue weighted by Gasteiger charge is 2.29. The van der Waals surface area contributed by atoms with E-state index in [2.05, 4.69) is 10.3 Å². The molecule has 11 heteroatoms. The third-order valence-corrected chi connectivity index (χ3v) is 8.74. The van der Waals surface area contributed by atoms with Crippen LogP contribution < -0.4 is 5.32 Å². The number of benzene rings is 2. The summed E-state index contributed by atoms with van der Waals surface area (Å²) in [7, 11) is -3.88. The maximum absolute atomic E-state index is 12.7. The average molecular weight is 448 g/mol. The van der Waals surface area contributed by atoms with E-state index in [-0.39, 0.29) is 31.1 Å². The van der Waals surface area contributed by atoms with E-state index in [0.717, 1.165) is 33.9 Å². The minimum atomic E-state index is -3.88. The van der Waals surface area contributed by atoms with Crippen LogP contribution in [0.5, 0.6) is 0 Å². The highest BCUT2D eigenvalue weighted by molar-refractivity contribution is 8.01. The summed E-state index contributed by atoms with van der Waals surface area (Å²) < 4.78 is 25.4. The molecule has 2 heterocycles. The summed E-state index contributed by atoms with van der Waals surface area (Å²) >= 11 is 2.31. The number of nitrogens with zero attached hydrogens (tertiary/aromatic N) is 2. The van der Waals surface area contributed by atoms with Crippen LogP contribution in [0.3, 0.4) is 0 Å². The van der Waals surface area contributed by atoms with Crippen molar-refractivity contribution in [3.05, 3.63) is 70.4 Å². The predicted octanol–water partition coefficient (Wildman–Crippen LogP) is 3.54. The molecule has 3 aromatic rings. The van der Waals surface area contributed by atoms with Crippen LogP contribution in [0, 0.1) is 10.1 Å². The van der Waals surface area contributed by atoms with Gasteiger partial charge in [-0.15, -0.1) is 11.8 Å². The first-order valence-electron chi connectivity index (χ1n) is 8.35. The number of hydrogen-bond acceptors (Lipinski definition) is 8. The summed E-state index contributed by atoms with van der Waals surface area (Å²) in [6, 6.07) is 12.4. The number of carbonyl (C=O) groups excluding carboxylic acids is 1. The molecule has 0 spiro atoms. The number of amides is 1. The number of nitro benzene ring substituents is 1. The Morgan fingerprint density at radius 3 is 2.59 bits per heavy atom. The summed E-state index contributed by atoms with van der Waals surface area (Å²) in [6.45, 7) is 0. The topological polar surface area (TPSA) is 119 Å². The Labute approximate surface area is 174 Å². The number of hydrogen-bond donors (Lipinski definition) is 1. The van der Waals surface area contributed by atoms with E-state index >= 15 is 0 Å². The van der Waals surface area contributed by atoms with Gasteiger partial charge in [-0.05, 0) is 30.2 Å². The smallest absolute Gasteiger partial charge is 0.269 e. The van der Waals surface area contributed by atoms with Crippen molar-refractivity contribution in [2.75, 3.05) is 5.32 Å². The van der Waals surface area contributed by atoms with E-state index in [1.165, 1.54) is 30.1 Å². The minimum Gasteiger partial charge on any atom is -0.301 e. The first kappa shape index (κ1) is 19.6. The Bertz CT molecular complexity index is 1180. The molecule has 0 aliphatic carbocycles. The summed E-state index contributed by atoms with van der Waals surface area (Å²) in [5.74, 6) is -0.236. The number of fused-ring (bicyclic) bond motifs is 1. The lowest BCUT2D eigenvalue weighted by Crippen LogP contribution is -2.24. The summed E-state index contributed by atoms with van der Waals surface area (Å²) in [5.41, 5.74) is 0.912. The van der Waals surface area contributed by atoms with Gasteiger partial charge >= 0.3 is 0 Å². The van der Waals surface area contributed by atoms with Crippen LogP contribution >= 0.6 is 23.1 Å². The molecule has 1 aliphatic rings. The summed E-state index contributed by atoms with van der Waals surface area (Å²) in [4.78, 5) is 27.6. The molecule has 0 radical (unpaired) electrons. The van der Waals surface area contributed by atoms with Crippen molar-refractivity contribution in [2.45, 2.75) is 25.7 Å².